The van der Waals surface area contributed by atoms with Crippen molar-refractivity contribution >= 4 is 42.1 Å². The average Bonchev–Trinajstić information content (AvgIpc) is 2.37. The predicted octanol–water partition coefficient (Wildman–Crippen LogP) is 3.57. The van der Waals surface area contributed by atoms with Gasteiger partial charge in [-0.1, -0.05) is 25.5 Å². The topological polar surface area (TPSA) is 67.2 Å². The van der Waals surface area contributed by atoms with Crippen molar-refractivity contribution in [2.75, 3.05) is 17.2 Å². The Bertz CT molecular complexity index is 458. The van der Waals surface area contributed by atoms with E-state index < -0.39 is 24.7 Å². The molecule has 0 aliphatic rings. The second-order valence-electron chi connectivity index (χ2n) is 4.40. The number of nitrogens with two attached hydrogens (primary N) is 1. The van der Waals surface area contributed by atoms with Crippen LogP contribution in [0.2, 0.25) is 0 Å². The van der Waals surface area contributed by atoms with Crippen LogP contribution in [0.1, 0.15) is 19.8 Å². The van der Waals surface area contributed by atoms with E-state index in [4.69, 9.17) is 5.73 Å². The largest absolute Gasteiger partial charge is 0.405 e. The Labute approximate surface area is 139 Å². The summed E-state index contributed by atoms with van der Waals surface area (Å²) in [5.41, 5.74) is 6.15. The molecule has 1 aromatic carbocycles. The molecule has 4 nitrogen and oxygen atoms in total. The average molecular weight is 362 g/mol. The number of alkyl halides is 3. The van der Waals surface area contributed by atoms with Gasteiger partial charge in [0, 0.05) is 0 Å². The maximum atomic E-state index is 12.2. The molecule has 0 spiro atoms. The Morgan fingerprint density at radius 1 is 1.23 bits per heavy atom. The van der Waals surface area contributed by atoms with Gasteiger partial charge in [0.15, 0.2) is 0 Å². The second-order valence-corrected chi connectivity index (χ2v) is 4.40. The molecule has 128 valence electrons. The number of nitrogens with one attached hydrogen (secondary N) is 2. The van der Waals surface area contributed by atoms with Crippen LogP contribution in [0.15, 0.2) is 24.3 Å². The maximum Gasteiger partial charge on any atom is 0.405 e. The zero-order valence-electron chi connectivity index (χ0n) is 11.9. The molecule has 9 heteroatoms. The summed E-state index contributed by atoms with van der Waals surface area (Å²) in [5.74, 6) is -0.409. The van der Waals surface area contributed by atoms with Gasteiger partial charge in [0.25, 0.3) is 0 Å². The zero-order chi connectivity index (χ0) is 15.2. The van der Waals surface area contributed by atoms with E-state index in [0.29, 0.717) is 6.42 Å². The first kappa shape index (κ1) is 23.1. The first-order chi connectivity index (χ1) is 9.33. The van der Waals surface area contributed by atoms with Crippen molar-refractivity contribution < 1.29 is 18.0 Å². The Hall–Kier alpha value is -1.18. The fraction of sp³-hybridized carbons (Fsp3) is 0.462. The van der Waals surface area contributed by atoms with Crippen LogP contribution in [0.25, 0.3) is 0 Å². The molecule has 0 aliphatic heterocycles. The SMILES string of the molecule is CCCC(N)C(=O)Nc1ccccc1NCC(F)(F)F.Cl.Cl. The summed E-state index contributed by atoms with van der Waals surface area (Å²) in [5, 5.41) is 4.79. The molecule has 0 saturated carbocycles. The quantitative estimate of drug-likeness (QED) is 0.725. The standard InChI is InChI=1S/C13H18F3N3O.2ClH/c1-2-5-9(17)12(20)19-11-7-4-3-6-10(11)18-8-13(14,15)16;;/h3-4,6-7,9,18H,2,5,8,17H2,1H3,(H,19,20);2*1H. The smallest absolute Gasteiger partial charge is 0.375 e. The molecule has 0 heterocycles. The Kier molecular flexibility index (Phi) is 11.1. The van der Waals surface area contributed by atoms with Gasteiger partial charge in [-0.3, -0.25) is 4.79 Å². The maximum absolute atomic E-state index is 12.2. The summed E-state index contributed by atoms with van der Waals surface area (Å²) in [4.78, 5) is 11.8. The lowest BCUT2D eigenvalue weighted by Crippen LogP contribution is -2.35. The van der Waals surface area contributed by atoms with Gasteiger partial charge >= 0.3 is 6.18 Å². The monoisotopic (exact) mass is 361 g/mol. The highest BCUT2D eigenvalue weighted by Gasteiger charge is 2.27. The third-order valence-corrected chi connectivity index (χ3v) is 2.60. The minimum atomic E-state index is -4.32. The van der Waals surface area contributed by atoms with E-state index in [1.165, 1.54) is 12.1 Å². The van der Waals surface area contributed by atoms with Crippen molar-refractivity contribution in [3.63, 3.8) is 0 Å². The molecular weight excluding hydrogens is 342 g/mol. The van der Waals surface area contributed by atoms with Gasteiger partial charge in [-0.15, -0.1) is 24.8 Å². The molecule has 0 saturated heterocycles. The number of halogens is 5. The van der Waals surface area contributed by atoms with Crippen LogP contribution in [0.5, 0.6) is 0 Å². The number of carbonyl (C=O) groups is 1. The lowest BCUT2D eigenvalue weighted by Gasteiger charge is -2.16. The molecule has 0 fully saturated rings. The van der Waals surface area contributed by atoms with Crippen LogP contribution in [0, 0.1) is 0 Å². The number of rotatable bonds is 6. The third kappa shape index (κ3) is 8.31. The van der Waals surface area contributed by atoms with Gasteiger partial charge in [0.2, 0.25) is 5.91 Å². The van der Waals surface area contributed by atoms with Gasteiger partial charge < -0.3 is 16.4 Å². The van der Waals surface area contributed by atoms with Crippen LogP contribution in [0.3, 0.4) is 0 Å². The summed E-state index contributed by atoms with van der Waals surface area (Å²) in [6, 6.07) is 5.53. The van der Waals surface area contributed by atoms with E-state index >= 15 is 0 Å². The molecule has 1 atom stereocenters. The first-order valence-electron chi connectivity index (χ1n) is 6.29. The van der Waals surface area contributed by atoms with Crippen LogP contribution < -0.4 is 16.4 Å². The molecule has 1 rings (SSSR count). The van der Waals surface area contributed by atoms with E-state index in [-0.39, 0.29) is 36.2 Å². The van der Waals surface area contributed by atoms with Crippen molar-refractivity contribution in [3.05, 3.63) is 24.3 Å². The van der Waals surface area contributed by atoms with E-state index in [2.05, 4.69) is 10.6 Å². The summed E-state index contributed by atoms with van der Waals surface area (Å²) in [6.45, 7) is 0.729. The Balaban J connectivity index is 0. The number of para-hydroxylation sites is 2. The molecule has 1 aromatic rings. The predicted molar refractivity (Wildman–Crippen MR) is 87.0 cm³/mol. The third-order valence-electron chi connectivity index (χ3n) is 2.60. The number of anilines is 2. The summed E-state index contributed by atoms with van der Waals surface area (Å²) in [6.07, 6.45) is -3.05. The van der Waals surface area contributed by atoms with Crippen molar-refractivity contribution in [1.29, 1.82) is 0 Å². The number of hydrogen-bond donors (Lipinski definition) is 3. The Morgan fingerprint density at radius 3 is 2.27 bits per heavy atom. The van der Waals surface area contributed by atoms with E-state index in [1.807, 2.05) is 6.92 Å². The fourth-order valence-corrected chi connectivity index (χ4v) is 1.61. The summed E-state index contributed by atoms with van der Waals surface area (Å²) < 4.78 is 36.6. The highest BCUT2D eigenvalue weighted by molar-refractivity contribution is 5.97. The number of carbonyl (C=O) groups excluding carboxylic acids is 1. The highest BCUT2D eigenvalue weighted by atomic mass is 35.5. The van der Waals surface area contributed by atoms with Gasteiger partial charge in [0.1, 0.15) is 6.54 Å². The van der Waals surface area contributed by atoms with Crippen molar-refractivity contribution in [1.82, 2.24) is 0 Å². The minimum Gasteiger partial charge on any atom is -0.375 e. The lowest BCUT2D eigenvalue weighted by atomic mass is 10.1. The minimum absolute atomic E-state index is 0. The molecule has 0 aromatic heterocycles. The van der Waals surface area contributed by atoms with Gasteiger partial charge in [0.05, 0.1) is 17.4 Å². The molecule has 1 amide bonds. The van der Waals surface area contributed by atoms with E-state index in [1.54, 1.807) is 12.1 Å². The molecule has 0 radical (unpaired) electrons. The van der Waals surface area contributed by atoms with Crippen molar-refractivity contribution in [2.24, 2.45) is 5.73 Å². The van der Waals surface area contributed by atoms with Crippen molar-refractivity contribution in [3.8, 4) is 0 Å². The summed E-state index contributed by atoms with van der Waals surface area (Å²) in [7, 11) is 0. The second kappa shape index (κ2) is 10.5. The normalized spacial score (nSPS) is 11.7. The molecule has 0 bridgehead atoms. The van der Waals surface area contributed by atoms with Crippen LogP contribution in [-0.2, 0) is 4.79 Å². The molecule has 1 unspecified atom stereocenters. The number of benzene rings is 1. The highest BCUT2D eigenvalue weighted by Crippen LogP contribution is 2.23. The summed E-state index contributed by atoms with van der Waals surface area (Å²) >= 11 is 0. The van der Waals surface area contributed by atoms with Crippen molar-refractivity contribution in [2.45, 2.75) is 32.0 Å². The molecular formula is C13H20Cl2F3N3O. The fourth-order valence-electron chi connectivity index (χ4n) is 1.61. The van der Waals surface area contributed by atoms with Gasteiger partial charge in [-0.2, -0.15) is 13.2 Å². The van der Waals surface area contributed by atoms with Gasteiger partial charge in [-0.25, -0.2) is 0 Å². The lowest BCUT2D eigenvalue weighted by molar-refractivity contribution is -0.117. The van der Waals surface area contributed by atoms with Crippen LogP contribution in [0.4, 0.5) is 24.5 Å². The molecule has 0 aliphatic carbocycles. The van der Waals surface area contributed by atoms with Crippen LogP contribution in [-0.4, -0.2) is 24.7 Å². The van der Waals surface area contributed by atoms with Gasteiger partial charge in [-0.05, 0) is 18.6 Å². The zero-order valence-corrected chi connectivity index (χ0v) is 13.6. The van der Waals surface area contributed by atoms with Crippen LogP contribution >= 0.6 is 24.8 Å². The first-order valence-corrected chi connectivity index (χ1v) is 6.29. The van der Waals surface area contributed by atoms with E-state index in [0.717, 1.165) is 6.42 Å². The Morgan fingerprint density at radius 2 is 1.77 bits per heavy atom. The van der Waals surface area contributed by atoms with E-state index in [9.17, 15) is 18.0 Å². The molecule has 4 N–H and O–H groups in total. The number of amides is 1. The number of hydrogen-bond acceptors (Lipinski definition) is 3. The molecule has 22 heavy (non-hydrogen) atoms.